The highest BCUT2D eigenvalue weighted by Crippen LogP contribution is 2.28. The number of rotatable bonds is 3. The molecular weight excluding hydrogens is 232 g/mol. The molecule has 2 nitrogen and oxygen atoms in total. The molecule has 1 aromatic heterocycles. The Labute approximate surface area is 107 Å². The largest absolute Gasteiger partial charge is 0.330 e. The van der Waals surface area contributed by atoms with Crippen molar-refractivity contribution in [1.82, 2.24) is 4.98 Å². The van der Waals surface area contributed by atoms with Crippen LogP contribution in [0.3, 0.4) is 0 Å². The smallest absolute Gasteiger partial charge is 0.0735 e. The molecule has 0 amide bonds. The van der Waals surface area contributed by atoms with Crippen molar-refractivity contribution in [3.05, 3.63) is 41.0 Å². The molecule has 1 heterocycles. The zero-order valence-corrected chi connectivity index (χ0v) is 11.0. The minimum Gasteiger partial charge on any atom is -0.330 e. The first-order valence-electron chi connectivity index (χ1n) is 5.75. The number of fused-ring (bicyclic) bond motifs is 1. The van der Waals surface area contributed by atoms with Crippen molar-refractivity contribution in [1.29, 1.82) is 0 Å². The summed E-state index contributed by atoms with van der Waals surface area (Å²) in [6, 6.07) is 7.90. The highest BCUT2D eigenvalue weighted by molar-refractivity contribution is 6.31. The van der Waals surface area contributed by atoms with Gasteiger partial charge in [0.15, 0.2) is 0 Å². The van der Waals surface area contributed by atoms with Gasteiger partial charge >= 0.3 is 0 Å². The van der Waals surface area contributed by atoms with Gasteiger partial charge in [-0.05, 0) is 42.1 Å². The fraction of sp³-hybridized carbons (Fsp3) is 0.357. The Morgan fingerprint density at radius 2 is 2.12 bits per heavy atom. The number of benzene rings is 1. The maximum atomic E-state index is 6.14. The summed E-state index contributed by atoms with van der Waals surface area (Å²) in [6.45, 7) is 4.96. The lowest BCUT2D eigenvalue weighted by Gasteiger charge is -2.23. The van der Waals surface area contributed by atoms with Crippen LogP contribution in [0.1, 0.15) is 19.4 Å². The molecule has 0 saturated heterocycles. The Morgan fingerprint density at radius 3 is 2.82 bits per heavy atom. The second-order valence-corrected chi connectivity index (χ2v) is 5.62. The van der Waals surface area contributed by atoms with Crippen molar-refractivity contribution in [2.75, 3.05) is 6.54 Å². The lowest BCUT2D eigenvalue weighted by Crippen LogP contribution is -2.26. The summed E-state index contributed by atoms with van der Waals surface area (Å²) in [5, 5.41) is 1.84. The molecule has 0 radical (unpaired) electrons. The summed E-state index contributed by atoms with van der Waals surface area (Å²) >= 11 is 6.14. The molecule has 2 rings (SSSR count). The Kier molecular flexibility index (Phi) is 3.36. The van der Waals surface area contributed by atoms with Gasteiger partial charge in [-0.1, -0.05) is 31.5 Å². The van der Waals surface area contributed by atoms with Crippen LogP contribution in [0.4, 0.5) is 0 Å². The topological polar surface area (TPSA) is 38.9 Å². The van der Waals surface area contributed by atoms with Gasteiger partial charge in [0.2, 0.25) is 0 Å². The fourth-order valence-electron chi connectivity index (χ4n) is 1.95. The fourth-order valence-corrected chi connectivity index (χ4v) is 2.20. The number of pyridine rings is 1. The predicted molar refractivity (Wildman–Crippen MR) is 73.3 cm³/mol. The van der Waals surface area contributed by atoms with E-state index in [-0.39, 0.29) is 5.41 Å². The molecule has 0 unspecified atom stereocenters. The third kappa shape index (κ3) is 2.76. The minimum absolute atomic E-state index is 0.0646. The van der Waals surface area contributed by atoms with Crippen LogP contribution in [0, 0.1) is 5.41 Å². The Hall–Kier alpha value is -1.12. The summed E-state index contributed by atoms with van der Waals surface area (Å²) in [5.41, 5.74) is 8.04. The van der Waals surface area contributed by atoms with E-state index in [2.05, 4.69) is 18.8 Å². The maximum Gasteiger partial charge on any atom is 0.0735 e. The lowest BCUT2D eigenvalue weighted by atomic mass is 9.85. The second kappa shape index (κ2) is 4.63. The van der Waals surface area contributed by atoms with Crippen LogP contribution >= 0.6 is 11.6 Å². The zero-order chi connectivity index (χ0) is 12.5. The summed E-state index contributed by atoms with van der Waals surface area (Å²) in [5.74, 6) is 0. The number of nitrogens with two attached hydrogens (primary N) is 1. The standard InChI is InChI=1S/C14H17ClN2/c1-14(2,9-16)8-11-7-12(15)6-10-4-3-5-17-13(10)11/h3-7H,8-9,16H2,1-2H3. The molecule has 17 heavy (non-hydrogen) atoms. The average molecular weight is 249 g/mol. The molecule has 0 fully saturated rings. The van der Waals surface area contributed by atoms with Crippen LogP contribution in [0.15, 0.2) is 30.5 Å². The second-order valence-electron chi connectivity index (χ2n) is 5.19. The first-order valence-corrected chi connectivity index (χ1v) is 6.13. The molecule has 2 N–H and O–H groups in total. The quantitative estimate of drug-likeness (QED) is 0.904. The van der Waals surface area contributed by atoms with E-state index in [4.69, 9.17) is 17.3 Å². The maximum absolute atomic E-state index is 6.14. The molecule has 0 aliphatic heterocycles. The SMILES string of the molecule is CC(C)(CN)Cc1cc(Cl)cc2cccnc12. The molecular formula is C14H17ClN2. The van der Waals surface area contributed by atoms with Gasteiger partial charge < -0.3 is 5.73 Å². The lowest BCUT2D eigenvalue weighted by molar-refractivity contribution is 0.378. The molecule has 0 aliphatic rings. The summed E-state index contributed by atoms with van der Waals surface area (Å²) in [6.07, 6.45) is 2.70. The van der Waals surface area contributed by atoms with Gasteiger partial charge in [-0.15, -0.1) is 0 Å². The van der Waals surface area contributed by atoms with E-state index in [9.17, 15) is 0 Å². The number of hydrogen-bond donors (Lipinski definition) is 1. The van der Waals surface area contributed by atoms with E-state index in [1.165, 1.54) is 5.56 Å². The van der Waals surface area contributed by atoms with Gasteiger partial charge in [0.1, 0.15) is 0 Å². The molecule has 0 atom stereocenters. The number of hydrogen-bond acceptors (Lipinski definition) is 2. The predicted octanol–water partition coefficient (Wildman–Crippen LogP) is 3.42. The Balaban J connectivity index is 2.53. The molecule has 0 aliphatic carbocycles. The van der Waals surface area contributed by atoms with Crippen molar-refractivity contribution in [2.24, 2.45) is 11.1 Å². The molecule has 0 bridgehead atoms. The van der Waals surface area contributed by atoms with Crippen LogP contribution in [0.25, 0.3) is 10.9 Å². The minimum atomic E-state index is 0.0646. The first kappa shape index (κ1) is 12.3. The van der Waals surface area contributed by atoms with Gasteiger partial charge in [0, 0.05) is 16.6 Å². The monoisotopic (exact) mass is 248 g/mol. The van der Waals surface area contributed by atoms with Crippen molar-refractivity contribution in [2.45, 2.75) is 20.3 Å². The zero-order valence-electron chi connectivity index (χ0n) is 10.2. The van der Waals surface area contributed by atoms with Crippen LogP contribution in [-0.4, -0.2) is 11.5 Å². The van der Waals surface area contributed by atoms with Crippen molar-refractivity contribution in [3.63, 3.8) is 0 Å². The molecule has 3 heteroatoms. The molecule has 0 saturated carbocycles. The number of halogens is 1. The third-order valence-electron chi connectivity index (χ3n) is 2.97. The normalized spacial score (nSPS) is 12.0. The summed E-state index contributed by atoms with van der Waals surface area (Å²) < 4.78 is 0. The third-order valence-corrected chi connectivity index (χ3v) is 3.19. The number of aromatic nitrogens is 1. The van der Waals surface area contributed by atoms with Crippen LogP contribution in [0.5, 0.6) is 0 Å². The van der Waals surface area contributed by atoms with Crippen molar-refractivity contribution >= 4 is 22.5 Å². The molecule has 2 aromatic rings. The van der Waals surface area contributed by atoms with E-state index in [1.807, 2.05) is 30.5 Å². The van der Waals surface area contributed by atoms with E-state index < -0.39 is 0 Å². The van der Waals surface area contributed by atoms with Gasteiger partial charge in [-0.25, -0.2) is 0 Å². The van der Waals surface area contributed by atoms with Crippen LogP contribution < -0.4 is 5.73 Å². The van der Waals surface area contributed by atoms with Crippen molar-refractivity contribution in [3.8, 4) is 0 Å². The Bertz CT molecular complexity index is 535. The van der Waals surface area contributed by atoms with E-state index in [0.717, 1.165) is 22.3 Å². The van der Waals surface area contributed by atoms with E-state index in [0.29, 0.717) is 6.54 Å². The van der Waals surface area contributed by atoms with E-state index >= 15 is 0 Å². The van der Waals surface area contributed by atoms with Crippen molar-refractivity contribution < 1.29 is 0 Å². The summed E-state index contributed by atoms with van der Waals surface area (Å²) in [4.78, 5) is 4.44. The number of nitrogens with zero attached hydrogens (tertiary/aromatic N) is 1. The van der Waals surface area contributed by atoms with Crippen LogP contribution in [0.2, 0.25) is 5.02 Å². The van der Waals surface area contributed by atoms with Gasteiger partial charge in [-0.2, -0.15) is 0 Å². The Morgan fingerprint density at radius 1 is 1.35 bits per heavy atom. The highest BCUT2D eigenvalue weighted by atomic mass is 35.5. The van der Waals surface area contributed by atoms with Crippen LogP contribution in [-0.2, 0) is 6.42 Å². The van der Waals surface area contributed by atoms with Gasteiger partial charge in [-0.3, -0.25) is 4.98 Å². The molecule has 90 valence electrons. The highest BCUT2D eigenvalue weighted by Gasteiger charge is 2.18. The van der Waals surface area contributed by atoms with E-state index in [1.54, 1.807) is 0 Å². The molecule has 0 spiro atoms. The first-order chi connectivity index (χ1) is 8.02. The molecule has 1 aromatic carbocycles. The summed E-state index contributed by atoms with van der Waals surface area (Å²) in [7, 11) is 0. The van der Waals surface area contributed by atoms with Gasteiger partial charge in [0.05, 0.1) is 5.52 Å². The average Bonchev–Trinajstić information content (AvgIpc) is 2.28. The van der Waals surface area contributed by atoms with Gasteiger partial charge in [0.25, 0.3) is 0 Å².